The van der Waals surface area contributed by atoms with E-state index >= 15 is 0 Å². The van der Waals surface area contributed by atoms with Gasteiger partial charge in [-0.05, 0) is 48.9 Å². The second-order valence-electron chi connectivity index (χ2n) is 6.91. The molecule has 3 aromatic rings. The highest BCUT2D eigenvalue weighted by Crippen LogP contribution is 2.33. The summed E-state index contributed by atoms with van der Waals surface area (Å²) < 4.78 is 35.3. The molecule has 0 bridgehead atoms. The number of esters is 1. The fourth-order valence-electron chi connectivity index (χ4n) is 2.48. The molecule has 0 fully saturated rings. The Hall–Kier alpha value is -4.12. The highest BCUT2D eigenvalue weighted by Gasteiger charge is 2.15. The summed E-state index contributed by atoms with van der Waals surface area (Å²) in [6, 6.07) is 18.2. The molecule has 0 saturated heterocycles. The molecule has 34 heavy (non-hydrogen) atoms. The van der Waals surface area contributed by atoms with Crippen LogP contribution < -0.4 is 9.46 Å². The number of aromatic hydroxyl groups is 1. The van der Waals surface area contributed by atoms with Crippen LogP contribution in [0.5, 0.6) is 17.2 Å². The highest BCUT2D eigenvalue weighted by atomic mass is 32.2. The van der Waals surface area contributed by atoms with Crippen molar-refractivity contribution in [1.82, 2.24) is 0 Å². The molecule has 10 nitrogen and oxygen atoms in total. The molecule has 0 saturated carbocycles. The first kappa shape index (κ1) is 26.1. The summed E-state index contributed by atoms with van der Waals surface area (Å²) in [6.45, 7) is 2.36. The number of anilines is 1. The molecule has 0 heterocycles. The van der Waals surface area contributed by atoms with Crippen LogP contribution in [-0.2, 0) is 14.8 Å². The fourth-order valence-corrected chi connectivity index (χ4v) is 3.05. The lowest BCUT2D eigenvalue weighted by Crippen LogP contribution is -2.10. The van der Waals surface area contributed by atoms with Gasteiger partial charge in [-0.2, -0.15) is 0 Å². The Labute approximate surface area is 197 Å². The van der Waals surface area contributed by atoms with E-state index in [2.05, 4.69) is 4.72 Å². The van der Waals surface area contributed by atoms with Gasteiger partial charge in [0, 0.05) is 6.07 Å². The topological polar surface area (TPSA) is 145 Å². The van der Waals surface area contributed by atoms with E-state index in [4.69, 9.17) is 14.6 Å². The summed E-state index contributed by atoms with van der Waals surface area (Å²) in [6.07, 6.45) is 1.80. The minimum atomic E-state index is -3.52. The van der Waals surface area contributed by atoms with Gasteiger partial charge in [0.1, 0.15) is 11.5 Å². The number of phenolic OH excluding ortho intramolecular Hbond substituents is 1. The molecule has 0 spiro atoms. The van der Waals surface area contributed by atoms with Crippen molar-refractivity contribution in [2.75, 3.05) is 17.6 Å². The SMILES string of the molecule is CCCOC(=O)c1ccc(O)cc1.CS(=O)(=O)Nc1ccc([N+](=O)[O-])cc1Oc1ccccc1. The van der Waals surface area contributed by atoms with Gasteiger partial charge in [0.2, 0.25) is 10.0 Å². The second-order valence-corrected chi connectivity index (χ2v) is 8.66. The Morgan fingerprint density at radius 1 is 1.06 bits per heavy atom. The molecular weight excluding hydrogens is 464 g/mol. The first-order valence-electron chi connectivity index (χ1n) is 10.0. The lowest BCUT2D eigenvalue weighted by atomic mass is 10.2. The van der Waals surface area contributed by atoms with Crippen molar-refractivity contribution in [2.24, 2.45) is 0 Å². The number of nitro benzene ring substituents is 1. The van der Waals surface area contributed by atoms with E-state index in [0.717, 1.165) is 12.7 Å². The number of non-ortho nitro benzene ring substituents is 1. The van der Waals surface area contributed by atoms with Gasteiger partial charge in [-0.3, -0.25) is 14.8 Å². The van der Waals surface area contributed by atoms with Crippen molar-refractivity contribution in [2.45, 2.75) is 13.3 Å². The van der Waals surface area contributed by atoms with Crippen LogP contribution in [0.4, 0.5) is 11.4 Å². The summed E-state index contributed by atoms with van der Waals surface area (Å²) in [4.78, 5) is 21.4. The molecule has 3 rings (SSSR count). The standard InChI is InChI=1S/C13H12N2O5S.C10H12O3/c1-21(18,19)14-12-8-7-10(15(16)17)9-13(12)20-11-5-3-2-4-6-11;1-2-7-13-10(12)8-3-5-9(11)6-4-8/h2-9,14H,1H3;3-6,11H,2,7H2,1H3. The molecule has 0 unspecified atom stereocenters. The number of benzene rings is 3. The Balaban J connectivity index is 0.000000270. The largest absolute Gasteiger partial charge is 0.508 e. The molecule has 0 amide bonds. The smallest absolute Gasteiger partial charge is 0.338 e. The molecule has 2 N–H and O–H groups in total. The monoisotopic (exact) mass is 488 g/mol. The average Bonchev–Trinajstić information content (AvgIpc) is 2.79. The van der Waals surface area contributed by atoms with Gasteiger partial charge < -0.3 is 14.6 Å². The van der Waals surface area contributed by atoms with Gasteiger partial charge in [-0.25, -0.2) is 13.2 Å². The maximum atomic E-state index is 11.3. The minimum absolute atomic E-state index is 0.0563. The first-order valence-corrected chi connectivity index (χ1v) is 11.9. The number of ether oxygens (including phenoxy) is 2. The maximum absolute atomic E-state index is 11.3. The van der Waals surface area contributed by atoms with E-state index in [1.165, 1.54) is 42.5 Å². The highest BCUT2D eigenvalue weighted by molar-refractivity contribution is 7.92. The van der Waals surface area contributed by atoms with E-state index < -0.39 is 14.9 Å². The number of nitrogens with zero attached hydrogens (tertiary/aromatic N) is 1. The predicted molar refractivity (Wildman–Crippen MR) is 127 cm³/mol. The third-order valence-corrected chi connectivity index (χ3v) is 4.57. The Morgan fingerprint density at radius 3 is 2.26 bits per heavy atom. The lowest BCUT2D eigenvalue weighted by Gasteiger charge is -2.11. The van der Waals surface area contributed by atoms with Crippen molar-refractivity contribution < 1.29 is 32.7 Å². The van der Waals surface area contributed by atoms with Gasteiger partial charge in [0.15, 0.2) is 5.75 Å². The summed E-state index contributed by atoms with van der Waals surface area (Å²) in [7, 11) is -3.52. The van der Waals surface area contributed by atoms with Gasteiger partial charge in [-0.15, -0.1) is 0 Å². The van der Waals surface area contributed by atoms with E-state index in [0.29, 0.717) is 17.9 Å². The van der Waals surface area contributed by atoms with Crippen molar-refractivity contribution in [3.63, 3.8) is 0 Å². The minimum Gasteiger partial charge on any atom is -0.508 e. The van der Waals surface area contributed by atoms with Crippen LogP contribution in [0.1, 0.15) is 23.7 Å². The Morgan fingerprint density at radius 2 is 1.71 bits per heavy atom. The molecule has 0 aliphatic heterocycles. The van der Waals surface area contributed by atoms with E-state index in [1.807, 2.05) is 6.92 Å². The van der Waals surface area contributed by atoms with E-state index in [9.17, 15) is 23.3 Å². The summed E-state index contributed by atoms with van der Waals surface area (Å²) in [5.41, 5.74) is 0.401. The summed E-state index contributed by atoms with van der Waals surface area (Å²) >= 11 is 0. The number of phenols is 1. The zero-order valence-electron chi connectivity index (χ0n) is 18.5. The van der Waals surface area contributed by atoms with Crippen LogP contribution in [-0.4, -0.2) is 37.3 Å². The number of carbonyl (C=O) groups is 1. The quantitative estimate of drug-likeness (QED) is 0.263. The normalized spacial score (nSPS) is 10.4. The lowest BCUT2D eigenvalue weighted by molar-refractivity contribution is -0.384. The molecule has 0 aliphatic carbocycles. The van der Waals surface area contributed by atoms with Crippen LogP contribution in [0.2, 0.25) is 0 Å². The third kappa shape index (κ3) is 8.79. The predicted octanol–water partition coefficient (Wildman–Crippen LogP) is 4.72. The van der Waals surface area contributed by atoms with Gasteiger partial charge >= 0.3 is 5.97 Å². The van der Waals surface area contributed by atoms with Gasteiger partial charge in [0.05, 0.1) is 35.1 Å². The van der Waals surface area contributed by atoms with Crippen molar-refractivity contribution in [1.29, 1.82) is 0 Å². The maximum Gasteiger partial charge on any atom is 0.338 e. The summed E-state index contributed by atoms with van der Waals surface area (Å²) in [5.74, 6) is 0.296. The van der Waals surface area contributed by atoms with Crippen LogP contribution in [0.3, 0.4) is 0 Å². The summed E-state index contributed by atoms with van der Waals surface area (Å²) in [5, 5.41) is 19.8. The van der Waals surface area contributed by atoms with E-state index in [1.54, 1.807) is 30.3 Å². The molecule has 180 valence electrons. The van der Waals surface area contributed by atoms with Crippen molar-refractivity contribution in [3.8, 4) is 17.2 Å². The van der Waals surface area contributed by atoms with Gasteiger partial charge in [-0.1, -0.05) is 25.1 Å². The van der Waals surface area contributed by atoms with Crippen LogP contribution in [0.15, 0.2) is 72.8 Å². The Bertz CT molecular complexity index is 1210. The number of hydrogen-bond acceptors (Lipinski definition) is 8. The number of nitro groups is 1. The van der Waals surface area contributed by atoms with Crippen LogP contribution >= 0.6 is 0 Å². The van der Waals surface area contributed by atoms with Crippen molar-refractivity contribution >= 4 is 27.4 Å². The van der Waals surface area contributed by atoms with E-state index in [-0.39, 0.29) is 28.8 Å². The zero-order chi connectivity index (χ0) is 25.1. The number of para-hydroxylation sites is 1. The average molecular weight is 489 g/mol. The fraction of sp³-hybridized carbons (Fsp3) is 0.174. The number of sulfonamides is 1. The van der Waals surface area contributed by atoms with Crippen LogP contribution in [0, 0.1) is 10.1 Å². The molecule has 3 aromatic carbocycles. The molecule has 0 aromatic heterocycles. The first-order chi connectivity index (χ1) is 16.1. The molecule has 11 heteroatoms. The molecule has 0 atom stereocenters. The zero-order valence-corrected chi connectivity index (χ0v) is 19.3. The number of hydrogen-bond donors (Lipinski definition) is 2. The number of nitrogens with one attached hydrogen (secondary N) is 1. The molecular formula is C23H24N2O8S. The van der Waals surface area contributed by atoms with Crippen LogP contribution in [0.25, 0.3) is 0 Å². The number of rotatable bonds is 8. The molecule has 0 radical (unpaired) electrons. The second kappa shape index (κ2) is 12.2. The number of carbonyl (C=O) groups excluding carboxylic acids is 1. The van der Waals surface area contributed by atoms with Crippen molar-refractivity contribution in [3.05, 3.63) is 88.5 Å². The van der Waals surface area contributed by atoms with Gasteiger partial charge in [0.25, 0.3) is 5.69 Å². The third-order valence-electron chi connectivity index (χ3n) is 3.98. The molecule has 0 aliphatic rings. The Kier molecular flexibility index (Phi) is 9.38.